The highest BCUT2D eigenvalue weighted by molar-refractivity contribution is 5.99. The monoisotopic (exact) mass is 655 g/mol. The predicted octanol–water partition coefficient (Wildman–Crippen LogP) is 4.24. The predicted molar refractivity (Wildman–Crippen MR) is 164 cm³/mol. The number of pyridine rings is 1. The maximum atomic E-state index is 14.2. The summed E-state index contributed by atoms with van der Waals surface area (Å²) in [6, 6.07) is 7.05. The lowest BCUT2D eigenvalue weighted by molar-refractivity contribution is -0.140. The molecule has 0 radical (unpaired) electrons. The van der Waals surface area contributed by atoms with Gasteiger partial charge in [-0.3, -0.25) is 14.6 Å². The van der Waals surface area contributed by atoms with Crippen LogP contribution in [0.1, 0.15) is 65.3 Å². The normalized spacial score (nSPS) is 20.4. The van der Waals surface area contributed by atoms with Gasteiger partial charge in [-0.05, 0) is 74.9 Å². The van der Waals surface area contributed by atoms with Crippen LogP contribution in [0.15, 0.2) is 41.4 Å². The van der Waals surface area contributed by atoms with Crippen LogP contribution in [0.5, 0.6) is 11.5 Å². The van der Waals surface area contributed by atoms with E-state index in [1.165, 1.54) is 26.2 Å². The van der Waals surface area contributed by atoms with E-state index in [1.807, 2.05) is 0 Å². The van der Waals surface area contributed by atoms with Gasteiger partial charge in [0.1, 0.15) is 40.6 Å². The van der Waals surface area contributed by atoms with Crippen molar-refractivity contribution >= 4 is 23.7 Å². The van der Waals surface area contributed by atoms with E-state index in [-0.39, 0.29) is 64.7 Å². The number of nitrogens with two attached hydrogens (primary N) is 2. The van der Waals surface area contributed by atoms with Gasteiger partial charge in [-0.25, -0.2) is 9.37 Å². The third kappa shape index (κ3) is 5.97. The van der Waals surface area contributed by atoms with Crippen LogP contribution in [0.25, 0.3) is 11.3 Å². The van der Waals surface area contributed by atoms with E-state index in [1.54, 1.807) is 12.3 Å². The largest absolute Gasteiger partial charge is 0.495 e. The highest BCUT2D eigenvalue weighted by Crippen LogP contribution is 2.50. The molecule has 10 nitrogen and oxygen atoms in total. The molecule has 14 heteroatoms. The van der Waals surface area contributed by atoms with Crippen LogP contribution in [0, 0.1) is 11.7 Å². The molecule has 0 saturated heterocycles. The number of carbonyl (C=O) groups excluding carboxylic acids is 2. The van der Waals surface area contributed by atoms with Crippen LogP contribution in [0.2, 0.25) is 0 Å². The van der Waals surface area contributed by atoms with Crippen molar-refractivity contribution in [3.8, 4) is 22.8 Å². The number of ether oxygens (including phenoxy) is 2. The molecule has 0 spiro atoms. The van der Waals surface area contributed by atoms with Crippen LogP contribution < -0.4 is 26.3 Å². The van der Waals surface area contributed by atoms with Gasteiger partial charge in [0, 0.05) is 28.5 Å². The number of hydrogen-bond acceptors (Lipinski definition) is 8. The Bertz CT molecular complexity index is 1810. The third-order valence-corrected chi connectivity index (χ3v) is 9.00. The van der Waals surface area contributed by atoms with Crippen molar-refractivity contribution in [2.45, 2.75) is 55.8 Å². The number of carbonyl (C=O) groups is 2. The number of halogens is 4. The van der Waals surface area contributed by atoms with Crippen molar-refractivity contribution in [3.05, 3.63) is 70.2 Å². The molecule has 1 aliphatic heterocycles. The number of primary amides is 1. The summed E-state index contributed by atoms with van der Waals surface area (Å²) in [5, 5.41) is 14.9. The number of fused-ring (bicyclic) bond motifs is 1. The molecule has 0 unspecified atom stereocenters. The van der Waals surface area contributed by atoms with Crippen molar-refractivity contribution in [1.29, 1.82) is 0 Å². The number of aromatic nitrogens is 1. The number of anilines is 1. The molecular weight excluding hydrogens is 622 g/mol. The smallest absolute Gasteiger partial charge is 0.419 e. The van der Waals surface area contributed by atoms with Gasteiger partial charge in [0.25, 0.3) is 5.91 Å². The SMILES string of the molecule is COc1cc(C(=O)NC[C@](O)(c2cc3c(c(-c4ccc(F)c(C(F)(F)F)c4)n2)OC[C@]3(C)C(N)=O)C2CC2)cc(C=NC2CC2)c1N. The van der Waals surface area contributed by atoms with E-state index in [2.05, 4.69) is 15.3 Å². The van der Waals surface area contributed by atoms with Gasteiger partial charge < -0.3 is 31.4 Å². The Morgan fingerprint density at radius 2 is 1.91 bits per heavy atom. The molecule has 0 bridgehead atoms. The fraction of sp³-hybridized carbons (Fsp3) is 0.394. The number of aliphatic imine (C=N–C) groups is 1. The van der Waals surface area contributed by atoms with Crippen LogP contribution in [0.4, 0.5) is 23.2 Å². The molecule has 2 fully saturated rings. The van der Waals surface area contributed by atoms with E-state index in [4.69, 9.17) is 20.9 Å². The minimum absolute atomic E-state index is 0.00803. The molecule has 2 saturated carbocycles. The lowest BCUT2D eigenvalue weighted by atomic mass is 9.81. The topological polar surface area (TPSA) is 162 Å². The lowest BCUT2D eigenvalue weighted by Crippen LogP contribution is -2.44. The fourth-order valence-corrected chi connectivity index (χ4v) is 5.68. The summed E-state index contributed by atoms with van der Waals surface area (Å²) in [6.45, 7) is 0.940. The Morgan fingerprint density at radius 1 is 1.19 bits per heavy atom. The Kier molecular flexibility index (Phi) is 7.89. The molecule has 6 N–H and O–H groups in total. The maximum Gasteiger partial charge on any atom is 0.419 e. The molecule has 6 rings (SSSR count). The first kappa shape index (κ1) is 32.2. The summed E-state index contributed by atoms with van der Waals surface area (Å²) in [6.07, 6.45) is -0.327. The highest BCUT2D eigenvalue weighted by Gasteiger charge is 2.50. The number of benzene rings is 2. The number of hydrogen-bond donors (Lipinski definition) is 4. The van der Waals surface area contributed by atoms with Gasteiger partial charge in [-0.1, -0.05) is 0 Å². The molecule has 1 aromatic heterocycles. The summed E-state index contributed by atoms with van der Waals surface area (Å²) in [5.41, 5.74) is 8.08. The Hall–Kier alpha value is -4.72. The Morgan fingerprint density at radius 3 is 2.53 bits per heavy atom. The molecule has 2 atom stereocenters. The number of nitrogen functional groups attached to an aromatic ring is 1. The minimum Gasteiger partial charge on any atom is -0.495 e. The van der Waals surface area contributed by atoms with Gasteiger partial charge in [0.05, 0.1) is 36.6 Å². The molecule has 47 heavy (non-hydrogen) atoms. The number of amides is 2. The molecule has 2 amide bonds. The number of alkyl halides is 3. The van der Waals surface area contributed by atoms with Gasteiger partial charge in [0.15, 0.2) is 0 Å². The molecule has 3 aromatic rings. The lowest BCUT2D eigenvalue weighted by Gasteiger charge is -2.30. The minimum atomic E-state index is -5.00. The number of methoxy groups -OCH3 is 1. The molecule has 248 valence electrons. The summed E-state index contributed by atoms with van der Waals surface area (Å²) in [4.78, 5) is 35.1. The number of nitrogens with zero attached hydrogens (tertiary/aromatic N) is 2. The van der Waals surface area contributed by atoms with E-state index >= 15 is 0 Å². The number of aliphatic hydroxyl groups is 1. The standard InChI is InChI=1S/C33H33F4N5O5/c1-31(30(39)44)15-47-28-22(31)12-25(42-27(28)16-3-8-23(34)21(10-16)33(35,36)37)32(45,19-4-5-19)14-41-29(43)17-9-18(13-40-20-6-7-20)26(38)24(11-17)46-2/h3,8-13,19-20,45H,4-7,14-15,38H2,1-2H3,(H2,39,44)(H,41,43)/t31-,32+/m0/s1. The van der Waals surface area contributed by atoms with Crippen LogP contribution >= 0.6 is 0 Å². The second-order valence-corrected chi connectivity index (χ2v) is 12.5. The van der Waals surface area contributed by atoms with Crippen molar-refractivity contribution in [1.82, 2.24) is 10.3 Å². The van der Waals surface area contributed by atoms with Crippen molar-refractivity contribution in [2.24, 2.45) is 16.6 Å². The number of rotatable bonds is 10. The van der Waals surface area contributed by atoms with Crippen molar-refractivity contribution in [3.63, 3.8) is 0 Å². The van der Waals surface area contributed by atoms with Crippen LogP contribution in [-0.2, 0) is 22.0 Å². The molecule has 2 aromatic carbocycles. The van der Waals surface area contributed by atoms with Gasteiger partial charge >= 0.3 is 6.18 Å². The second-order valence-electron chi connectivity index (χ2n) is 12.5. The quantitative estimate of drug-likeness (QED) is 0.144. The molecular formula is C33H33F4N5O5. The molecule has 2 heterocycles. The summed E-state index contributed by atoms with van der Waals surface area (Å²) >= 11 is 0. The van der Waals surface area contributed by atoms with Crippen LogP contribution in [0.3, 0.4) is 0 Å². The summed E-state index contributed by atoms with van der Waals surface area (Å²) in [5.74, 6) is -2.94. The third-order valence-electron chi connectivity index (χ3n) is 9.00. The van der Waals surface area contributed by atoms with E-state index in [0.717, 1.165) is 18.9 Å². The average Bonchev–Trinajstić information content (AvgIpc) is 3.97. The van der Waals surface area contributed by atoms with Crippen molar-refractivity contribution in [2.75, 3.05) is 26.0 Å². The second kappa shape index (κ2) is 11.5. The van der Waals surface area contributed by atoms with Gasteiger partial charge in [-0.2, -0.15) is 13.2 Å². The van der Waals surface area contributed by atoms with E-state index < -0.39 is 40.4 Å². The molecule has 3 aliphatic rings. The first-order chi connectivity index (χ1) is 22.2. The molecule has 2 aliphatic carbocycles. The zero-order chi connectivity index (χ0) is 33.9. The summed E-state index contributed by atoms with van der Waals surface area (Å²) < 4.78 is 66.4. The van der Waals surface area contributed by atoms with Crippen molar-refractivity contribution < 1.29 is 41.7 Å². The van der Waals surface area contributed by atoms with Gasteiger partial charge in [-0.15, -0.1) is 0 Å². The first-order valence-corrected chi connectivity index (χ1v) is 15.0. The fourth-order valence-electron chi connectivity index (χ4n) is 5.68. The summed E-state index contributed by atoms with van der Waals surface area (Å²) in [7, 11) is 1.42. The first-order valence-electron chi connectivity index (χ1n) is 15.0. The Labute approximate surface area is 267 Å². The van der Waals surface area contributed by atoms with Crippen LogP contribution in [-0.4, -0.2) is 54.4 Å². The number of nitrogens with one attached hydrogen (secondary N) is 1. The van der Waals surface area contributed by atoms with E-state index in [0.29, 0.717) is 36.2 Å². The zero-order valence-corrected chi connectivity index (χ0v) is 25.6. The maximum absolute atomic E-state index is 14.2. The van der Waals surface area contributed by atoms with Gasteiger partial charge in [0.2, 0.25) is 5.91 Å². The average molecular weight is 656 g/mol. The zero-order valence-electron chi connectivity index (χ0n) is 25.6. The highest BCUT2D eigenvalue weighted by atomic mass is 19.4. The van der Waals surface area contributed by atoms with E-state index in [9.17, 15) is 32.3 Å². The Balaban J connectivity index is 1.40.